The summed E-state index contributed by atoms with van der Waals surface area (Å²) in [4.78, 5) is 59.2. The van der Waals surface area contributed by atoms with Crippen molar-refractivity contribution in [1.82, 2.24) is 25.4 Å². The van der Waals surface area contributed by atoms with E-state index in [-0.39, 0.29) is 38.6 Å². The number of rotatable bonds is 10. The van der Waals surface area contributed by atoms with Crippen LogP contribution in [0.15, 0.2) is 31.1 Å². The fourth-order valence-corrected chi connectivity index (χ4v) is 3.70. The summed E-state index contributed by atoms with van der Waals surface area (Å²) in [6.07, 6.45) is -1.24. The van der Waals surface area contributed by atoms with Crippen molar-refractivity contribution >= 4 is 29.4 Å². The fourth-order valence-electron chi connectivity index (χ4n) is 3.70. The SMILES string of the molecule is C=CCOC(=O)N1CCN(C(C)(C)C(=O)NCC(=O)c2cncc(N(C)C)c2)CC1C(=O)NCC(F)(F)F. The molecule has 2 rings (SSSR count). The smallest absolute Gasteiger partial charge is 0.410 e. The highest BCUT2D eigenvalue weighted by Gasteiger charge is 2.44. The molecule has 1 unspecified atom stereocenters. The summed E-state index contributed by atoms with van der Waals surface area (Å²) in [5.74, 6) is -1.95. The quantitative estimate of drug-likeness (QED) is 0.334. The Morgan fingerprint density at radius 1 is 1.18 bits per heavy atom. The van der Waals surface area contributed by atoms with Crippen LogP contribution >= 0.6 is 0 Å². The standard InChI is InChI=1S/C24H33F3N6O5/c1-6-9-38-22(37)33-8-7-32(14-18(33)20(35)30-15-24(25,26)27)23(2,3)21(36)29-13-19(34)16-10-17(31(4)5)12-28-11-16/h6,10-12,18H,1,7-9,13-15H2,2-5H3,(H,29,36)(H,30,35). The zero-order chi connectivity index (χ0) is 28.7. The maximum atomic E-state index is 13.1. The minimum absolute atomic E-state index is 0.0846. The van der Waals surface area contributed by atoms with Crippen molar-refractivity contribution in [2.75, 3.05) is 58.3 Å². The topological polar surface area (TPSA) is 124 Å². The maximum Gasteiger partial charge on any atom is 0.410 e. The molecule has 1 fully saturated rings. The van der Waals surface area contributed by atoms with E-state index in [9.17, 15) is 32.3 Å². The lowest BCUT2D eigenvalue weighted by atomic mass is 9.97. The van der Waals surface area contributed by atoms with E-state index in [0.717, 1.165) is 4.90 Å². The molecule has 0 saturated carbocycles. The molecule has 1 aliphatic rings. The molecule has 210 valence electrons. The summed E-state index contributed by atoms with van der Waals surface area (Å²) in [5, 5.41) is 4.37. The third kappa shape index (κ3) is 8.16. The van der Waals surface area contributed by atoms with Gasteiger partial charge in [-0.3, -0.25) is 29.2 Å². The highest BCUT2D eigenvalue weighted by Crippen LogP contribution is 2.22. The Morgan fingerprint density at radius 2 is 1.87 bits per heavy atom. The molecule has 0 aromatic carbocycles. The zero-order valence-corrected chi connectivity index (χ0v) is 21.8. The molecular weight excluding hydrogens is 509 g/mol. The summed E-state index contributed by atoms with van der Waals surface area (Å²) in [6.45, 7) is 4.29. The van der Waals surface area contributed by atoms with Gasteiger partial charge in [0, 0.05) is 45.5 Å². The molecule has 1 atom stereocenters. The molecule has 1 aromatic heterocycles. The van der Waals surface area contributed by atoms with Crippen LogP contribution in [-0.2, 0) is 14.3 Å². The van der Waals surface area contributed by atoms with Crippen molar-refractivity contribution in [3.05, 3.63) is 36.7 Å². The number of Topliss-reactive ketones (excluding diaryl/α,β-unsaturated/α-hetero) is 1. The van der Waals surface area contributed by atoms with Crippen molar-refractivity contribution in [2.24, 2.45) is 0 Å². The van der Waals surface area contributed by atoms with Gasteiger partial charge in [0.05, 0.1) is 24.0 Å². The van der Waals surface area contributed by atoms with E-state index < -0.39 is 42.2 Å². The van der Waals surface area contributed by atoms with Gasteiger partial charge in [-0.25, -0.2) is 4.79 Å². The number of carbonyl (C=O) groups excluding carboxylic acids is 4. The highest BCUT2D eigenvalue weighted by molar-refractivity contribution is 6.00. The lowest BCUT2D eigenvalue weighted by Gasteiger charge is -2.45. The fraction of sp³-hybridized carbons (Fsp3) is 0.542. The predicted octanol–water partition coefficient (Wildman–Crippen LogP) is 1.21. The molecule has 14 heteroatoms. The number of ketones is 1. The van der Waals surface area contributed by atoms with E-state index in [1.54, 1.807) is 55.3 Å². The van der Waals surface area contributed by atoms with Crippen LogP contribution in [0.25, 0.3) is 0 Å². The third-order valence-corrected chi connectivity index (χ3v) is 6.02. The van der Waals surface area contributed by atoms with Gasteiger partial charge in [0.1, 0.15) is 19.2 Å². The summed E-state index contributed by atoms with van der Waals surface area (Å²) in [6, 6.07) is 0.290. The van der Waals surface area contributed by atoms with Crippen LogP contribution in [0.4, 0.5) is 23.7 Å². The number of alkyl halides is 3. The second kappa shape index (κ2) is 12.7. The van der Waals surface area contributed by atoms with Crippen LogP contribution < -0.4 is 15.5 Å². The van der Waals surface area contributed by atoms with E-state index in [0.29, 0.717) is 11.3 Å². The first kappa shape index (κ1) is 30.5. The van der Waals surface area contributed by atoms with Gasteiger partial charge in [0.2, 0.25) is 11.8 Å². The first-order chi connectivity index (χ1) is 17.7. The molecule has 1 aromatic rings. The molecule has 2 heterocycles. The van der Waals surface area contributed by atoms with Crippen molar-refractivity contribution < 1.29 is 37.1 Å². The summed E-state index contributed by atoms with van der Waals surface area (Å²) in [7, 11) is 3.59. The number of pyridine rings is 1. The molecule has 11 nitrogen and oxygen atoms in total. The third-order valence-electron chi connectivity index (χ3n) is 6.02. The van der Waals surface area contributed by atoms with Crippen molar-refractivity contribution in [1.29, 1.82) is 0 Å². The van der Waals surface area contributed by atoms with Crippen LogP contribution in [0.5, 0.6) is 0 Å². The van der Waals surface area contributed by atoms with E-state index in [2.05, 4.69) is 16.9 Å². The van der Waals surface area contributed by atoms with Crippen LogP contribution in [0.1, 0.15) is 24.2 Å². The minimum Gasteiger partial charge on any atom is -0.445 e. The summed E-state index contributed by atoms with van der Waals surface area (Å²) >= 11 is 0. The van der Waals surface area contributed by atoms with Gasteiger partial charge in [0.15, 0.2) is 5.78 Å². The van der Waals surface area contributed by atoms with Crippen molar-refractivity contribution in [2.45, 2.75) is 31.6 Å². The van der Waals surface area contributed by atoms with E-state index in [4.69, 9.17) is 4.74 Å². The van der Waals surface area contributed by atoms with Crippen molar-refractivity contribution in [3.63, 3.8) is 0 Å². The molecule has 0 spiro atoms. The molecule has 3 amide bonds. The van der Waals surface area contributed by atoms with Crippen LogP contribution in [0.3, 0.4) is 0 Å². The van der Waals surface area contributed by atoms with Gasteiger partial charge in [-0.2, -0.15) is 13.2 Å². The number of piperazine rings is 1. The number of ether oxygens (including phenoxy) is 1. The Balaban J connectivity index is 2.12. The Labute approximate surface area is 219 Å². The zero-order valence-electron chi connectivity index (χ0n) is 21.8. The Morgan fingerprint density at radius 3 is 2.47 bits per heavy atom. The average Bonchev–Trinajstić information content (AvgIpc) is 2.87. The number of hydrogen-bond acceptors (Lipinski definition) is 8. The van der Waals surface area contributed by atoms with E-state index >= 15 is 0 Å². The second-order valence-electron chi connectivity index (χ2n) is 9.34. The van der Waals surface area contributed by atoms with Gasteiger partial charge in [-0.05, 0) is 19.9 Å². The molecular formula is C24H33F3N6O5. The molecule has 0 bridgehead atoms. The maximum absolute atomic E-state index is 13.1. The minimum atomic E-state index is -4.65. The van der Waals surface area contributed by atoms with Crippen LogP contribution in [0, 0.1) is 0 Å². The number of halogens is 3. The number of carbonyl (C=O) groups is 4. The second-order valence-corrected chi connectivity index (χ2v) is 9.34. The largest absolute Gasteiger partial charge is 0.445 e. The number of anilines is 1. The van der Waals surface area contributed by atoms with E-state index in [1.165, 1.54) is 12.3 Å². The molecule has 2 N–H and O–H groups in total. The average molecular weight is 543 g/mol. The van der Waals surface area contributed by atoms with Crippen LogP contribution in [-0.4, -0.2) is 110 Å². The first-order valence-corrected chi connectivity index (χ1v) is 11.7. The van der Waals surface area contributed by atoms with Gasteiger partial charge >= 0.3 is 12.3 Å². The number of nitrogens with zero attached hydrogens (tertiary/aromatic N) is 4. The van der Waals surface area contributed by atoms with Gasteiger partial charge < -0.3 is 20.3 Å². The van der Waals surface area contributed by atoms with Gasteiger partial charge in [-0.15, -0.1) is 0 Å². The lowest BCUT2D eigenvalue weighted by molar-refractivity contribution is -0.145. The Bertz CT molecular complexity index is 1050. The highest BCUT2D eigenvalue weighted by atomic mass is 19.4. The predicted molar refractivity (Wildman–Crippen MR) is 133 cm³/mol. The first-order valence-electron chi connectivity index (χ1n) is 11.7. The number of amides is 3. The summed E-state index contributed by atoms with van der Waals surface area (Å²) in [5.41, 5.74) is -0.256. The number of aromatic nitrogens is 1. The molecule has 1 aliphatic heterocycles. The van der Waals surface area contributed by atoms with Gasteiger partial charge in [-0.1, -0.05) is 12.7 Å². The molecule has 0 radical (unpaired) electrons. The lowest BCUT2D eigenvalue weighted by Crippen LogP contribution is -2.67. The number of hydrogen-bond donors (Lipinski definition) is 2. The molecule has 38 heavy (non-hydrogen) atoms. The molecule has 1 saturated heterocycles. The van der Waals surface area contributed by atoms with Gasteiger partial charge in [0.25, 0.3) is 0 Å². The number of nitrogens with one attached hydrogen (secondary N) is 2. The molecule has 0 aliphatic carbocycles. The monoisotopic (exact) mass is 542 g/mol. The normalized spacial score (nSPS) is 16.4. The Kier molecular flexibility index (Phi) is 10.2. The summed E-state index contributed by atoms with van der Waals surface area (Å²) < 4.78 is 43.0. The van der Waals surface area contributed by atoms with Crippen LogP contribution in [0.2, 0.25) is 0 Å². The van der Waals surface area contributed by atoms with Crippen molar-refractivity contribution in [3.8, 4) is 0 Å². The Hall–Kier alpha value is -3.68. The van der Waals surface area contributed by atoms with E-state index in [1.807, 2.05) is 0 Å².